The van der Waals surface area contributed by atoms with Crippen molar-refractivity contribution in [2.24, 2.45) is 0 Å². The second-order valence-electron chi connectivity index (χ2n) is 6.38. The molecule has 0 aliphatic heterocycles. The fourth-order valence-corrected chi connectivity index (χ4v) is 3.18. The van der Waals surface area contributed by atoms with E-state index >= 15 is 0 Å². The third kappa shape index (κ3) is 3.37. The van der Waals surface area contributed by atoms with Crippen molar-refractivity contribution in [2.75, 3.05) is 5.73 Å². The summed E-state index contributed by atoms with van der Waals surface area (Å²) < 4.78 is 0. The minimum atomic E-state index is -1.13. The maximum Gasteiger partial charge on any atom is 0.0530 e. The number of benzene rings is 1. The van der Waals surface area contributed by atoms with E-state index in [0.717, 1.165) is 5.69 Å². The highest BCUT2D eigenvalue weighted by Crippen LogP contribution is 2.39. The molecule has 1 rings (SSSR count). The van der Waals surface area contributed by atoms with Crippen LogP contribution in [0.25, 0.3) is 0 Å². The summed E-state index contributed by atoms with van der Waals surface area (Å²) in [7, 11) is -1.13. The fraction of sp³-hybridized carbons (Fsp3) is 0.571. The van der Waals surface area contributed by atoms with Gasteiger partial charge in [-0.25, -0.2) is 0 Å². The standard InChI is InChI=1S/C14H25NSi/c1-14(2,3)16(4,5)11-10-12-6-8-13(15)9-7-12/h6-9H,10-11,15H2,1-5H3. The van der Waals surface area contributed by atoms with Crippen molar-refractivity contribution in [1.29, 1.82) is 0 Å². The summed E-state index contributed by atoms with van der Waals surface area (Å²) in [6, 6.07) is 9.66. The van der Waals surface area contributed by atoms with E-state index in [0.29, 0.717) is 5.04 Å². The molecule has 0 spiro atoms. The van der Waals surface area contributed by atoms with Crippen LogP contribution in [0.15, 0.2) is 24.3 Å². The predicted octanol–water partition coefficient (Wildman–Crippen LogP) is 4.32. The van der Waals surface area contributed by atoms with E-state index in [1.54, 1.807) is 0 Å². The zero-order chi connectivity index (χ0) is 12.4. The van der Waals surface area contributed by atoms with Crippen molar-refractivity contribution in [2.45, 2.75) is 51.4 Å². The first-order chi connectivity index (χ1) is 7.22. The highest BCUT2D eigenvalue weighted by molar-refractivity contribution is 6.80. The SMILES string of the molecule is CC(C)(C)[Si](C)(C)CCc1ccc(N)cc1. The Bertz CT molecular complexity index is 333. The van der Waals surface area contributed by atoms with Crippen molar-refractivity contribution in [1.82, 2.24) is 0 Å². The Morgan fingerprint density at radius 1 is 1.06 bits per heavy atom. The molecule has 0 aliphatic carbocycles. The van der Waals surface area contributed by atoms with Gasteiger partial charge >= 0.3 is 0 Å². The van der Waals surface area contributed by atoms with E-state index in [-0.39, 0.29) is 0 Å². The van der Waals surface area contributed by atoms with Crippen molar-refractivity contribution in [3.05, 3.63) is 29.8 Å². The van der Waals surface area contributed by atoms with E-state index in [1.165, 1.54) is 18.0 Å². The molecule has 1 aromatic rings. The second-order valence-corrected chi connectivity index (χ2v) is 12.1. The Hall–Kier alpha value is -0.763. The second kappa shape index (κ2) is 4.62. The molecule has 0 heterocycles. The van der Waals surface area contributed by atoms with E-state index in [9.17, 15) is 0 Å². The first-order valence-corrected chi connectivity index (χ1v) is 9.27. The summed E-state index contributed by atoms with van der Waals surface area (Å²) in [4.78, 5) is 0. The van der Waals surface area contributed by atoms with Gasteiger partial charge in [0.2, 0.25) is 0 Å². The zero-order valence-corrected chi connectivity index (χ0v) is 12.3. The smallest absolute Gasteiger partial charge is 0.0530 e. The Labute approximate surface area is 101 Å². The van der Waals surface area contributed by atoms with Crippen molar-refractivity contribution >= 4 is 13.8 Å². The van der Waals surface area contributed by atoms with Crippen LogP contribution in [0.3, 0.4) is 0 Å². The molecule has 0 radical (unpaired) electrons. The van der Waals surface area contributed by atoms with Crippen LogP contribution in [0.2, 0.25) is 24.2 Å². The van der Waals surface area contributed by atoms with Crippen LogP contribution < -0.4 is 5.73 Å². The van der Waals surface area contributed by atoms with Gasteiger partial charge in [0, 0.05) is 5.69 Å². The van der Waals surface area contributed by atoms with Gasteiger partial charge in [0.1, 0.15) is 0 Å². The molecule has 0 saturated carbocycles. The van der Waals surface area contributed by atoms with E-state index in [2.05, 4.69) is 46.0 Å². The summed E-state index contributed by atoms with van der Waals surface area (Å²) in [5.41, 5.74) is 7.96. The van der Waals surface area contributed by atoms with Gasteiger partial charge in [-0.1, -0.05) is 52.0 Å². The summed E-state index contributed by atoms with van der Waals surface area (Å²) in [5, 5.41) is 0.487. The molecular formula is C14H25NSi. The van der Waals surface area contributed by atoms with Gasteiger partial charge in [-0.05, 0) is 29.2 Å². The summed E-state index contributed by atoms with van der Waals surface area (Å²) in [5.74, 6) is 0. The molecule has 0 bridgehead atoms. The number of nitrogens with two attached hydrogens (primary N) is 1. The number of hydrogen-bond donors (Lipinski definition) is 1. The van der Waals surface area contributed by atoms with Gasteiger partial charge in [0.25, 0.3) is 0 Å². The van der Waals surface area contributed by atoms with E-state index < -0.39 is 8.07 Å². The molecule has 0 aliphatic rings. The van der Waals surface area contributed by atoms with Crippen molar-refractivity contribution in [3.8, 4) is 0 Å². The average Bonchev–Trinajstić information content (AvgIpc) is 2.15. The van der Waals surface area contributed by atoms with Crippen LogP contribution in [0, 0.1) is 0 Å². The topological polar surface area (TPSA) is 26.0 Å². The Kier molecular flexibility index (Phi) is 3.84. The molecule has 90 valence electrons. The molecule has 2 N–H and O–H groups in total. The summed E-state index contributed by atoms with van der Waals surface area (Å²) >= 11 is 0. The third-order valence-corrected chi connectivity index (χ3v) is 9.61. The molecule has 1 nitrogen and oxygen atoms in total. The Morgan fingerprint density at radius 2 is 1.56 bits per heavy atom. The maximum absolute atomic E-state index is 5.69. The lowest BCUT2D eigenvalue weighted by Gasteiger charge is -2.37. The van der Waals surface area contributed by atoms with E-state index in [4.69, 9.17) is 5.73 Å². The lowest BCUT2D eigenvalue weighted by atomic mass is 10.1. The third-order valence-electron chi connectivity index (χ3n) is 4.05. The number of anilines is 1. The van der Waals surface area contributed by atoms with Gasteiger partial charge in [0.05, 0.1) is 8.07 Å². The van der Waals surface area contributed by atoms with Gasteiger partial charge in [0.15, 0.2) is 0 Å². The van der Waals surface area contributed by atoms with Gasteiger partial charge in [-0.15, -0.1) is 0 Å². The summed E-state index contributed by atoms with van der Waals surface area (Å²) in [6.07, 6.45) is 1.19. The van der Waals surface area contributed by atoms with Crippen molar-refractivity contribution < 1.29 is 0 Å². The van der Waals surface area contributed by atoms with Gasteiger partial charge in [-0.2, -0.15) is 0 Å². The minimum absolute atomic E-state index is 0.487. The lowest BCUT2D eigenvalue weighted by Crippen LogP contribution is -2.37. The first kappa shape index (κ1) is 13.3. The maximum atomic E-state index is 5.69. The molecule has 0 saturated heterocycles. The zero-order valence-electron chi connectivity index (χ0n) is 11.3. The number of aryl methyl sites for hydroxylation is 1. The molecule has 0 fully saturated rings. The average molecular weight is 235 g/mol. The fourth-order valence-electron chi connectivity index (χ4n) is 1.52. The molecule has 0 amide bonds. The monoisotopic (exact) mass is 235 g/mol. The number of rotatable bonds is 3. The minimum Gasteiger partial charge on any atom is -0.399 e. The van der Waals surface area contributed by atoms with Gasteiger partial charge in [-0.3, -0.25) is 0 Å². The Balaban J connectivity index is 2.61. The molecule has 16 heavy (non-hydrogen) atoms. The van der Waals surface area contributed by atoms with Crippen LogP contribution >= 0.6 is 0 Å². The highest BCUT2D eigenvalue weighted by atomic mass is 28.3. The van der Waals surface area contributed by atoms with Crippen LogP contribution in [-0.2, 0) is 6.42 Å². The molecule has 0 atom stereocenters. The lowest BCUT2D eigenvalue weighted by molar-refractivity contribution is 0.711. The van der Waals surface area contributed by atoms with Crippen LogP contribution in [-0.4, -0.2) is 8.07 Å². The highest BCUT2D eigenvalue weighted by Gasteiger charge is 2.34. The quantitative estimate of drug-likeness (QED) is 0.613. The molecule has 1 aromatic carbocycles. The van der Waals surface area contributed by atoms with Gasteiger partial charge < -0.3 is 5.73 Å². The normalized spacial score (nSPS) is 12.8. The molecular weight excluding hydrogens is 210 g/mol. The van der Waals surface area contributed by atoms with Crippen molar-refractivity contribution in [3.63, 3.8) is 0 Å². The van der Waals surface area contributed by atoms with Crippen LogP contribution in [0.4, 0.5) is 5.69 Å². The largest absolute Gasteiger partial charge is 0.399 e. The number of hydrogen-bond acceptors (Lipinski definition) is 1. The predicted molar refractivity (Wildman–Crippen MR) is 76.6 cm³/mol. The van der Waals surface area contributed by atoms with E-state index in [1.807, 2.05) is 12.1 Å². The molecule has 2 heteroatoms. The summed E-state index contributed by atoms with van der Waals surface area (Å²) in [6.45, 7) is 12.1. The Morgan fingerprint density at radius 3 is 2.00 bits per heavy atom. The number of nitrogen functional groups attached to an aromatic ring is 1. The molecule has 0 aromatic heterocycles. The first-order valence-electron chi connectivity index (χ1n) is 6.07. The van der Waals surface area contributed by atoms with Crippen LogP contribution in [0.1, 0.15) is 26.3 Å². The molecule has 0 unspecified atom stereocenters. The van der Waals surface area contributed by atoms with Crippen LogP contribution in [0.5, 0.6) is 0 Å².